The molecule has 1 amide bonds. The molecule has 0 saturated heterocycles. The van der Waals surface area contributed by atoms with Crippen LogP contribution in [0.4, 0.5) is 18.9 Å². The van der Waals surface area contributed by atoms with E-state index in [0.29, 0.717) is 10.4 Å². The van der Waals surface area contributed by atoms with Crippen LogP contribution in [-0.4, -0.2) is 26.6 Å². The highest BCUT2D eigenvalue weighted by atomic mass is 35.5. The van der Waals surface area contributed by atoms with Gasteiger partial charge >= 0.3 is 6.18 Å². The molecule has 0 radical (unpaired) electrons. The van der Waals surface area contributed by atoms with Gasteiger partial charge in [-0.15, -0.1) is 0 Å². The Hall–Kier alpha value is -2.26. The Balaban J connectivity index is 2.33. The third-order valence-electron chi connectivity index (χ3n) is 4.85. The van der Waals surface area contributed by atoms with Crippen molar-refractivity contribution in [3.8, 4) is 0 Å². The summed E-state index contributed by atoms with van der Waals surface area (Å²) >= 11 is 5.63. The number of carbonyl (C=O) groups excluding carboxylic acids is 1. The van der Waals surface area contributed by atoms with Gasteiger partial charge in [0.05, 0.1) is 28.6 Å². The first-order chi connectivity index (χ1) is 14.3. The lowest BCUT2D eigenvalue weighted by Gasteiger charge is -2.30. The Bertz CT molecular complexity index is 1040. The van der Waals surface area contributed by atoms with Gasteiger partial charge in [-0.05, 0) is 49.6 Å². The fourth-order valence-corrected chi connectivity index (χ4v) is 4.53. The molecule has 0 saturated carbocycles. The SMILES string of the molecule is CCc1ccc([C@@H](C)NC(=O)[C@@H](C)N(c2ccc(Cl)c(C(F)(F)F)c2)S(C)(=O)=O)cc1. The quantitative estimate of drug-likeness (QED) is 0.614. The van der Waals surface area contributed by atoms with Gasteiger partial charge in [-0.2, -0.15) is 13.2 Å². The van der Waals surface area contributed by atoms with Crippen LogP contribution in [0, 0.1) is 0 Å². The van der Waals surface area contributed by atoms with Crippen LogP contribution in [0.5, 0.6) is 0 Å². The maximum atomic E-state index is 13.2. The number of amides is 1. The van der Waals surface area contributed by atoms with E-state index >= 15 is 0 Å². The highest BCUT2D eigenvalue weighted by Gasteiger charge is 2.36. The highest BCUT2D eigenvalue weighted by molar-refractivity contribution is 7.92. The molecule has 5 nitrogen and oxygen atoms in total. The van der Waals surface area contributed by atoms with E-state index in [9.17, 15) is 26.4 Å². The molecule has 0 aliphatic carbocycles. The summed E-state index contributed by atoms with van der Waals surface area (Å²) in [5, 5.41) is 2.15. The number of halogens is 4. The number of benzene rings is 2. The Morgan fingerprint density at radius 3 is 2.19 bits per heavy atom. The van der Waals surface area contributed by atoms with E-state index in [4.69, 9.17) is 11.6 Å². The summed E-state index contributed by atoms with van der Waals surface area (Å²) in [6, 6.07) is 8.56. The largest absolute Gasteiger partial charge is 0.417 e. The fourth-order valence-electron chi connectivity index (χ4n) is 3.14. The van der Waals surface area contributed by atoms with Crippen LogP contribution < -0.4 is 9.62 Å². The molecule has 0 fully saturated rings. The first-order valence-electron chi connectivity index (χ1n) is 9.51. The third kappa shape index (κ3) is 6.13. The Kier molecular flexibility index (Phi) is 7.65. The molecule has 0 spiro atoms. The van der Waals surface area contributed by atoms with E-state index in [0.717, 1.165) is 35.9 Å². The molecular formula is C21H24ClF3N2O3S. The lowest BCUT2D eigenvalue weighted by molar-refractivity contribution is -0.137. The van der Waals surface area contributed by atoms with E-state index in [1.165, 1.54) is 6.92 Å². The number of hydrogen-bond donors (Lipinski definition) is 1. The summed E-state index contributed by atoms with van der Waals surface area (Å²) in [7, 11) is -4.08. The molecule has 1 N–H and O–H groups in total. The average Bonchev–Trinajstić information content (AvgIpc) is 2.67. The van der Waals surface area contributed by atoms with Gasteiger partial charge in [0.1, 0.15) is 6.04 Å². The van der Waals surface area contributed by atoms with Crippen LogP contribution in [0.25, 0.3) is 0 Å². The van der Waals surface area contributed by atoms with Crippen molar-refractivity contribution in [2.75, 3.05) is 10.6 Å². The zero-order valence-corrected chi connectivity index (χ0v) is 19.1. The Morgan fingerprint density at radius 2 is 1.71 bits per heavy atom. The van der Waals surface area contributed by atoms with Gasteiger partial charge in [0.15, 0.2) is 0 Å². The second kappa shape index (κ2) is 9.48. The van der Waals surface area contributed by atoms with Crippen LogP contribution in [0.1, 0.15) is 43.5 Å². The van der Waals surface area contributed by atoms with Crippen molar-refractivity contribution in [1.29, 1.82) is 0 Å². The molecule has 0 bridgehead atoms. The van der Waals surface area contributed by atoms with Crippen LogP contribution >= 0.6 is 11.6 Å². The number of sulfonamides is 1. The molecule has 31 heavy (non-hydrogen) atoms. The van der Waals surface area contributed by atoms with Gasteiger partial charge in [0.25, 0.3) is 0 Å². The lowest BCUT2D eigenvalue weighted by atomic mass is 10.0. The molecule has 0 heterocycles. The number of nitrogens with one attached hydrogen (secondary N) is 1. The summed E-state index contributed by atoms with van der Waals surface area (Å²) < 4.78 is 65.1. The monoisotopic (exact) mass is 476 g/mol. The van der Waals surface area contributed by atoms with E-state index in [1.54, 1.807) is 6.92 Å². The Morgan fingerprint density at radius 1 is 1.13 bits per heavy atom. The van der Waals surface area contributed by atoms with Crippen molar-refractivity contribution in [3.05, 3.63) is 64.2 Å². The van der Waals surface area contributed by atoms with Gasteiger partial charge in [-0.1, -0.05) is 42.8 Å². The highest BCUT2D eigenvalue weighted by Crippen LogP contribution is 2.37. The van der Waals surface area contributed by atoms with Gasteiger partial charge in [-0.25, -0.2) is 8.42 Å². The van der Waals surface area contributed by atoms with Crippen molar-refractivity contribution in [1.82, 2.24) is 5.32 Å². The molecule has 0 aliphatic heterocycles. The number of anilines is 1. The smallest absolute Gasteiger partial charge is 0.348 e. The second-order valence-corrected chi connectivity index (χ2v) is 9.49. The molecule has 2 aromatic carbocycles. The van der Waals surface area contributed by atoms with Crippen molar-refractivity contribution in [2.45, 2.75) is 45.5 Å². The molecular weight excluding hydrogens is 453 g/mol. The normalized spacial score (nSPS) is 14.1. The predicted octanol–water partition coefficient (Wildman–Crippen LogP) is 4.95. The van der Waals surface area contributed by atoms with Crippen LogP contribution in [-0.2, 0) is 27.4 Å². The van der Waals surface area contributed by atoms with Crippen LogP contribution in [0.2, 0.25) is 5.02 Å². The first kappa shape index (κ1) is 25.0. The van der Waals surface area contributed by atoms with Crippen LogP contribution in [0.15, 0.2) is 42.5 Å². The number of carbonyl (C=O) groups is 1. The summed E-state index contributed by atoms with van der Waals surface area (Å²) in [5.74, 6) is -0.652. The molecule has 0 aromatic heterocycles. The molecule has 10 heteroatoms. The molecule has 2 rings (SSSR count). The number of alkyl halides is 3. The minimum atomic E-state index is -4.78. The van der Waals surface area contributed by atoms with E-state index in [1.807, 2.05) is 31.2 Å². The molecule has 2 atom stereocenters. The maximum absolute atomic E-state index is 13.2. The van der Waals surface area contributed by atoms with Crippen molar-refractivity contribution >= 4 is 33.2 Å². The average molecular weight is 477 g/mol. The second-order valence-electron chi connectivity index (χ2n) is 7.22. The summed E-state index contributed by atoms with van der Waals surface area (Å²) in [5.41, 5.74) is 0.454. The molecule has 170 valence electrons. The number of hydrogen-bond acceptors (Lipinski definition) is 3. The summed E-state index contributed by atoms with van der Waals surface area (Å²) in [6.45, 7) is 5.06. The van der Waals surface area contributed by atoms with E-state index in [-0.39, 0.29) is 5.69 Å². The molecule has 0 aliphatic rings. The minimum absolute atomic E-state index is 0.304. The van der Waals surface area contributed by atoms with Crippen molar-refractivity contribution in [3.63, 3.8) is 0 Å². The minimum Gasteiger partial charge on any atom is -0.348 e. The van der Waals surface area contributed by atoms with Gasteiger partial charge in [-0.3, -0.25) is 9.10 Å². The predicted molar refractivity (Wildman–Crippen MR) is 116 cm³/mol. The summed E-state index contributed by atoms with van der Waals surface area (Å²) in [4.78, 5) is 12.8. The zero-order valence-electron chi connectivity index (χ0n) is 17.5. The number of rotatable bonds is 7. The number of aryl methyl sites for hydroxylation is 1. The van der Waals surface area contributed by atoms with E-state index < -0.39 is 44.8 Å². The van der Waals surface area contributed by atoms with Gasteiger partial charge in [0.2, 0.25) is 15.9 Å². The number of nitrogens with zero attached hydrogens (tertiary/aromatic N) is 1. The van der Waals surface area contributed by atoms with E-state index in [2.05, 4.69) is 5.32 Å². The lowest BCUT2D eigenvalue weighted by Crippen LogP contribution is -2.48. The third-order valence-corrected chi connectivity index (χ3v) is 6.42. The Labute approximate surface area is 185 Å². The topological polar surface area (TPSA) is 66.5 Å². The van der Waals surface area contributed by atoms with Gasteiger partial charge in [0, 0.05) is 0 Å². The maximum Gasteiger partial charge on any atom is 0.417 e. The summed E-state index contributed by atoms with van der Waals surface area (Å²) in [6.07, 6.45) is -3.09. The molecule has 0 unspecified atom stereocenters. The van der Waals surface area contributed by atoms with Crippen LogP contribution in [0.3, 0.4) is 0 Å². The molecule has 2 aromatic rings. The van der Waals surface area contributed by atoms with Crippen molar-refractivity contribution < 1.29 is 26.4 Å². The van der Waals surface area contributed by atoms with Gasteiger partial charge < -0.3 is 5.32 Å². The first-order valence-corrected chi connectivity index (χ1v) is 11.7. The standard InChI is InChI=1S/C21H24ClF3N2O3S/c1-5-15-6-8-16(9-7-15)13(2)26-20(28)14(3)27(31(4,29)30)17-10-11-19(22)18(12-17)21(23,24)25/h6-14H,5H2,1-4H3,(H,26,28)/t13-,14-/m1/s1. The van der Waals surface area contributed by atoms with Crippen molar-refractivity contribution in [2.24, 2.45) is 0 Å². The zero-order chi connectivity index (χ0) is 23.6. The fraction of sp³-hybridized carbons (Fsp3) is 0.381.